The Labute approximate surface area is 99.9 Å². The lowest BCUT2D eigenvalue weighted by atomic mass is 10.1. The summed E-state index contributed by atoms with van der Waals surface area (Å²) in [6.45, 7) is 1.76. The molecule has 0 amide bonds. The largest absolute Gasteiger partial charge is 0.376 e. The molecule has 0 radical (unpaired) electrons. The second-order valence-electron chi connectivity index (χ2n) is 4.31. The van der Waals surface area contributed by atoms with Gasteiger partial charge in [-0.15, -0.1) is 0 Å². The summed E-state index contributed by atoms with van der Waals surface area (Å²) in [5.74, 6) is 0. The fourth-order valence-corrected chi connectivity index (χ4v) is 3.25. The van der Waals surface area contributed by atoms with E-state index >= 15 is 0 Å². The first-order chi connectivity index (χ1) is 6.86. The van der Waals surface area contributed by atoms with Gasteiger partial charge in [0.25, 0.3) is 0 Å². The first-order valence-corrected chi connectivity index (χ1v) is 6.98. The maximum absolute atomic E-state index is 5.92. The standard InChI is InChI=1S/C11H19IO2/c12-10-5-3-6-11(10)14-8-9-4-1-2-7-13-9/h9-11H,1-8H2. The summed E-state index contributed by atoms with van der Waals surface area (Å²) in [6.07, 6.45) is 8.54. The predicted molar refractivity (Wildman–Crippen MR) is 65.0 cm³/mol. The fraction of sp³-hybridized carbons (Fsp3) is 1.00. The molecule has 0 bridgehead atoms. The van der Waals surface area contributed by atoms with Crippen molar-refractivity contribution in [3.05, 3.63) is 0 Å². The third-order valence-corrected chi connectivity index (χ3v) is 4.57. The first-order valence-electron chi connectivity index (χ1n) is 5.73. The van der Waals surface area contributed by atoms with Crippen molar-refractivity contribution >= 4 is 22.6 Å². The molecule has 3 heteroatoms. The van der Waals surface area contributed by atoms with Gasteiger partial charge in [-0.2, -0.15) is 0 Å². The van der Waals surface area contributed by atoms with E-state index < -0.39 is 0 Å². The van der Waals surface area contributed by atoms with E-state index in [2.05, 4.69) is 22.6 Å². The SMILES string of the molecule is IC1CCCC1OCC1CCCCO1. The number of rotatable bonds is 3. The van der Waals surface area contributed by atoms with E-state index in [4.69, 9.17) is 9.47 Å². The zero-order valence-corrected chi connectivity index (χ0v) is 10.7. The Hall–Kier alpha value is 0.650. The van der Waals surface area contributed by atoms with Gasteiger partial charge in [-0.1, -0.05) is 22.6 Å². The minimum atomic E-state index is 0.382. The van der Waals surface area contributed by atoms with Crippen LogP contribution in [-0.4, -0.2) is 29.3 Å². The number of ether oxygens (including phenoxy) is 2. The molecule has 1 aliphatic heterocycles. The molecule has 0 N–H and O–H groups in total. The van der Waals surface area contributed by atoms with E-state index in [1.165, 1.54) is 38.5 Å². The van der Waals surface area contributed by atoms with E-state index in [9.17, 15) is 0 Å². The van der Waals surface area contributed by atoms with Crippen LogP contribution >= 0.6 is 22.6 Å². The van der Waals surface area contributed by atoms with Crippen LogP contribution in [0.4, 0.5) is 0 Å². The van der Waals surface area contributed by atoms with Gasteiger partial charge < -0.3 is 9.47 Å². The summed E-state index contributed by atoms with van der Waals surface area (Å²) in [4.78, 5) is 0. The average molecular weight is 310 g/mol. The van der Waals surface area contributed by atoms with Gasteiger partial charge in [-0.25, -0.2) is 0 Å². The van der Waals surface area contributed by atoms with Crippen LogP contribution in [0.2, 0.25) is 0 Å². The molecular weight excluding hydrogens is 291 g/mol. The third kappa shape index (κ3) is 3.07. The van der Waals surface area contributed by atoms with Crippen molar-refractivity contribution in [1.29, 1.82) is 0 Å². The second kappa shape index (κ2) is 5.66. The van der Waals surface area contributed by atoms with Crippen molar-refractivity contribution in [1.82, 2.24) is 0 Å². The molecule has 82 valence electrons. The molecule has 2 aliphatic rings. The molecule has 3 atom stereocenters. The van der Waals surface area contributed by atoms with Gasteiger partial charge in [0.1, 0.15) is 0 Å². The lowest BCUT2D eigenvalue weighted by Gasteiger charge is -2.24. The molecule has 0 aromatic rings. The Kier molecular flexibility index (Phi) is 4.50. The van der Waals surface area contributed by atoms with Gasteiger partial charge in [0.2, 0.25) is 0 Å². The third-order valence-electron chi connectivity index (χ3n) is 3.14. The quantitative estimate of drug-likeness (QED) is 0.589. The molecule has 2 nitrogen and oxygen atoms in total. The Bertz CT molecular complexity index is 169. The smallest absolute Gasteiger partial charge is 0.0808 e. The molecule has 0 aromatic heterocycles. The molecule has 1 heterocycles. The van der Waals surface area contributed by atoms with Crippen LogP contribution in [0.15, 0.2) is 0 Å². The Balaban J connectivity index is 1.65. The van der Waals surface area contributed by atoms with Crippen LogP contribution in [0.25, 0.3) is 0 Å². The van der Waals surface area contributed by atoms with E-state index in [1.807, 2.05) is 0 Å². The molecule has 3 unspecified atom stereocenters. The lowest BCUT2D eigenvalue weighted by Crippen LogP contribution is -2.28. The highest BCUT2D eigenvalue weighted by Gasteiger charge is 2.26. The van der Waals surface area contributed by atoms with Crippen molar-refractivity contribution in [3.63, 3.8) is 0 Å². The monoisotopic (exact) mass is 310 g/mol. The summed E-state index contributed by atoms with van der Waals surface area (Å²) < 4.78 is 12.3. The van der Waals surface area contributed by atoms with Crippen molar-refractivity contribution in [2.24, 2.45) is 0 Å². The summed E-state index contributed by atoms with van der Waals surface area (Å²) in [6, 6.07) is 0. The van der Waals surface area contributed by atoms with Crippen molar-refractivity contribution in [2.75, 3.05) is 13.2 Å². The highest BCUT2D eigenvalue weighted by molar-refractivity contribution is 14.1. The topological polar surface area (TPSA) is 18.5 Å². The lowest BCUT2D eigenvalue weighted by molar-refractivity contribution is -0.0593. The Morgan fingerprint density at radius 2 is 2.07 bits per heavy atom. The maximum atomic E-state index is 5.92. The zero-order valence-electron chi connectivity index (χ0n) is 8.58. The first kappa shape index (κ1) is 11.1. The second-order valence-corrected chi connectivity index (χ2v) is 5.91. The summed E-state index contributed by atoms with van der Waals surface area (Å²) in [5.41, 5.74) is 0. The molecule has 14 heavy (non-hydrogen) atoms. The molecule has 0 spiro atoms. The van der Waals surface area contributed by atoms with Gasteiger partial charge in [-0.3, -0.25) is 0 Å². The minimum Gasteiger partial charge on any atom is -0.376 e. The molecular formula is C11H19IO2. The number of alkyl halides is 1. The Morgan fingerprint density at radius 1 is 1.14 bits per heavy atom. The van der Waals surface area contributed by atoms with E-state index in [1.54, 1.807) is 0 Å². The Morgan fingerprint density at radius 3 is 2.71 bits per heavy atom. The van der Waals surface area contributed by atoms with Crippen LogP contribution in [0, 0.1) is 0 Å². The number of hydrogen-bond acceptors (Lipinski definition) is 2. The van der Waals surface area contributed by atoms with Crippen LogP contribution in [0.1, 0.15) is 38.5 Å². The highest BCUT2D eigenvalue weighted by atomic mass is 127. The number of halogens is 1. The van der Waals surface area contributed by atoms with E-state index in [0.29, 0.717) is 12.2 Å². The van der Waals surface area contributed by atoms with Crippen LogP contribution in [-0.2, 0) is 9.47 Å². The number of hydrogen-bond donors (Lipinski definition) is 0. The van der Waals surface area contributed by atoms with Gasteiger partial charge in [0.15, 0.2) is 0 Å². The molecule has 1 saturated heterocycles. The molecule has 1 aliphatic carbocycles. The average Bonchev–Trinajstić information content (AvgIpc) is 2.63. The molecule has 2 fully saturated rings. The van der Waals surface area contributed by atoms with Crippen LogP contribution < -0.4 is 0 Å². The fourth-order valence-electron chi connectivity index (χ4n) is 2.24. The molecule has 1 saturated carbocycles. The minimum absolute atomic E-state index is 0.382. The molecule has 2 rings (SSSR count). The van der Waals surface area contributed by atoms with E-state index in [-0.39, 0.29) is 0 Å². The van der Waals surface area contributed by atoms with Gasteiger partial charge in [-0.05, 0) is 38.5 Å². The van der Waals surface area contributed by atoms with Crippen molar-refractivity contribution in [3.8, 4) is 0 Å². The summed E-state index contributed by atoms with van der Waals surface area (Å²) >= 11 is 2.52. The highest BCUT2D eigenvalue weighted by Crippen LogP contribution is 2.29. The summed E-state index contributed by atoms with van der Waals surface area (Å²) in [7, 11) is 0. The van der Waals surface area contributed by atoms with E-state index in [0.717, 1.165) is 17.1 Å². The normalized spacial score (nSPS) is 38.8. The van der Waals surface area contributed by atoms with Gasteiger partial charge in [0.05, 0.1) is 18.8 Å². The molecule has 0 aromatic carbocycles. The zero-order chi connectivity index (χ0) is 9.80. The maximum Gasteiger partial charge on any atom is 0.0808 e. The van der Waals surface area contributed by atoms with Gasteiger partial charge >= 0.3 is 0 Å². The van der Waals surface area contributed by atoms with Crippen LogP contribution in [0.5, 0.6) is 0 Å². The van der Waals surface area contributed by atoms with Crippen LogP contribution in [0.3, 0.4) is 0 Å². The van der Waals surface area contributed by atoms with Gasteiger partial charge in [0, 0.05) is 10.5 Å². The summed E-state index contributed by atoms with van der Waals surface area (Å²) in [5, 5.41) is 0. The predicted octanol–water partition coefficient (Wildman–Crippen LogP) is 2.93. The van der Waals surface area contributed by atoms with Crippen molar-refractivity contribution < 1.29 is 9.47 Å². The van der Waals surface area contributed by atoms with Crippen molar-refractivity contribution in [2.45, 2.75) is 54.7 Å².